The number of hydrogen-bond donors (Lipinski definition) is 0. The van der Waals surface area contributed by atoms with Gasteiger partial charge in [0.05, 0.1) is 28.1 Å². The normalized spacial score (nSPS) is 10.0. The van der Waals surface area contributed by atoms with Crippen molar-refractivity contribution in [2.75, 3.05) is 11.9 Å². The molecule has 2 aromatic rings. The molecule has 0 atom stereocenters. The molecule has 0 unspecified atom stereocenters. The highest BCUT2D eigenvalue weighted by Crippen LogP contribution is 2.23. The summed E-state index contributed by atoms with van der Waals surface area (Å²) in [6.07, 6.45) is 0.230. The van der Waals surface area contributed by atoms with Crippen molar-refractivity contribution in [3.8, 4) is 6.07 Å². The van der Waals surface area contributed by atoms with E-state index in [1.165, 1.54) is 0 Å². The van der Waals surface area contributed by atoms with E-state index in [9.17, 15) is 4.79 Å². The first-order valence-electron chi connectivity index (χ1n) is 6.22. The lowest BCUT2D eigenvalue weighted by Crippen LogP contribution is -2.27. The third kappa shape index (κ3) is 3.75. The average Bonchev–Trinajstić information content (AvgIpc) is 2.50. The van der Waals surface area contributed by atoms with Crippen LogP contribution in [0, 0.1) is 11.3 Å². The standard InChI is InChI=1S/C16H12Cl2N2O/c1-20(13-5-2-11(10-19)3-6-13)16(21)9-12-4-7-14(17)15(18)8-12/h2-8H,9H2,1H3. The number of rotatable bonds is 3. The highest BCUT2D eigenvalue weighted by molar-refractivity contribution is 6.42. The summed E-state index contributed by atoms with van der Waals surface area (Å²) in [6, 6.07) is 14.0. The van der Waals surface area contributed by atoms with Gasteiger partial charge in [0.15, 0.2) is 0 Å². The van der Waals surface area contributed by atoms with Crippen molar-refractivity contribution in [1.29, 1.82) is 5.26 Å². The smallest absolute Gasteiger partial charge is 0.231 e. The van der Waals surface area contributed by atoms with Gasteiger partial charge in [-0.2, -0.15) is 5.26 Å². The SMILES string of the molecule is CN(C(=O)Cc1ccc(Cl)c(Cl)c1)c1ccc(C#N)cc1. The molecule has 3 nitrogen and oxygen atoms in total. The van der Waals surface area contributed by atoms with E-state index in [0.717, 1.165) is 11.3 Å². The zero-order valence-corrected chi connectivity index (χ0v) is 12.8. The van der Waals surface area contributed by atoms with Gasteiger partial charge in [-0.25, -0.2) is 0 Å². The highest BCUT2D eigenvalue weighted by atomic mass is 35.5. The Kier molecular flexibility index (Phi) is 4.85. The van der Waals surface area contributed by atoms with E-state index in [4.69, 9.17) is 28.5 Å². The Morgan fingerprint density at radius 3 is 2.38 bits per heavy atom. The number of hydrogen-bond acceptors (Lipinski definition) is 2. The Labute approximate surface area is 133 Å². The molecule has 0 N–H and O–H groups in total. The molecule has 5 heteroatoms. The van der Waals surface area contributed by atoms with E-state index in [2.05, 4.69) is 0 Å². The number of likely N-dealkylation sites (N-methyl/N-ethyl adjacent to an activating group) is 1. The van der Waals surface area contributed by atoms with Crippen LogP contribution in [0.25, 0.3) is 0 Å². The fourth-order valence-electron chi connectivity index (χ4n) is 1.85. The summed E-state index contributed by atoms with van der Waals surface area (Å²) < 4.78 is 0. The first-order chi connectivity index (χ1) is 10.0. The number of nitrogens with zero attached hydrogens (tertiary/aromatic N) is 2. The lowest BCUT2D eigenvalue weighted by atomic mass is 10.1. The topological polar surface area (TPSA) is 44.1 Å². The van der Waals surface area contributed by atoms with E-state index in [1.807, 2.05) is 6.07 Å². The van der Waals surface area contributed by atoms with Crippen LogP contribution in [0.2, 0.25) is 10.0 Å². The van der Waals surface area contributed by atoms with E-state index >= 15 is 0 Å². The van der Waals surface area contributed by atoms with Crippen molar-refractivity contribution < 1.29 is 4.79 Å². The molecule has 0 saturated carbocycles. The zero-order chi connectivity index (χ0) is 15.4. The van der Waals surface area contributed by atoms with Gasteiger partial charge in [-0.3, -0.25) is 4.79 Å². The maximum Gasteiger partial charge on any atom is 0.231 e. The van der Waals surface area contributed by atoms with Crippen LogP contribution < -0.4 is 4.90 Å². The maximum atomic E-state index is 12.2. The van der Waals surface area contributed by atoms with Crippen LogP contribution in [0.15, 0.2) is 42.5 Å². The summed E-state index contributed by atoms with van der Waals surface area (Å²) in [5.74, 6) is -0.0712. The number of halogens is 2. The Hall–Kier alpha value is -2.02. The molecule has 0 saturated heterocycles. The summed E-state index contributed by atoms with van der Waals surface area (Å²) in [4.78, 5) is 13.8. The van der Waals surface area contributed by atoms with Crippen LogP contribution in [0.5, 0.6) is 0 Å². The van der Waals surface area contributed by atoms with Gasteiger partial charge in [0.1, 0.15) is 0 Å². The van der Waals surface area contributed by atoms with Crippen molar-refractivity contribution in [2.45, 2.75) is 6.42 Å². The number of benzene rings is 2. The third-order valence-electron chi connectivity index (χ3n) is 3.10. The largest absolute Gasteiger partial charge is 0.315 e. The summed E-state index contributed by atoms with van der Waals surface area (Å²) in [7, 11) is 1.70. The van der Waals surface area contributed by atoms with Gasteiger partial charge in [0, 0.05) is 12.7 Å². The molecule has 0 spiro atoms. The minimum atomic E-state index is -0.0712. The molecule has 2 aromatic carbocycles. The van der Waals surface area contributed by atoms with Crippen molar-refractivity contribution >= 4 is 34.8 Å². The van der Waals surface area contributed by atoms with E-state index in [1.54, 1.807) is 54.4 Å². The number of anilines is 1. The molecule has 0 aliphatic rings. The molecule has 0 fully saturated rings. The maximum absolute atomic E-state index is 12.2. The molecule has 1 amide bonds. The fourth-order valence-corrected chi connectivity index (χ4v) is 2.17. The van der Waals surface area contributed by atoms with Crippen molar-refractivity contribution in [2.24, 2.45) is 0 Å². The minimum absolute atomic E-state index is 0.0712. The van der Waals surface area contributed by atoms with Crippen LogP contribution in [0.4, 0.5) is 5.69 Å². The third-order valence-corrected chi connectivity index (χ3v) is 3.84. The zero-order valence-electron chi connectivity index (χ0n) is 11.3. The van der Waals surface area contributed by atoms with Gasteiger partial charge in [-0.15, -0.1) is 0 Å². The molecular weight excluding hydrogens is 307 g/mol. The molecule has 0 aliphatic heterocycles. The minimum Gasteiger partial charge on any atom is -0.315 e. The Morgan fingerprint density at radius 2 is 1.81 bits per heavy atom. The van der Waals surface area contributed by atoms with Gasteiger partial charge in [-0.1, -0.05) is 29.3 Å². The number of nitriles is 1. The molecule has 0 aliphatic carbocycles. The molecule has 0 radical (unpaired) electrons. The lowest BCUT2D eigenvalue weighted by Gasteiger charge is -2.17. The number of carbonyl (C=O) groups excluding carboxylic acids is 1. The Balaban J connectivity index is 2.11. The number of amides is 1. The number of carbonyl (C=O) groups is 1. The predicted octanol–water partition coefficient (Wildman–Crippen LogP) is 4.07. The molecule has 21 heavy (non-hydrogen) atoms. The first kappa shape index (κ1) is 15.4. The summed E-state index contributed by atoms with van der Waals surface area (Å²) in [5.41, 5.74) is 2.10. The van der Waals surface area contributed by atoms with Gasteiger partial charge in [0.2, 0.25) is 5.91 Å². The second-order valence-electron chi connectivity index (χ2n) is 4.54. The van der Waals surface area contributed by atoms with E-state index in [0.29, 0.717) is 15.6 Å². The molecular formula is C16H12Cl2N2O. The Morgan fingerprint density at radius 1 is 1.14 bits per heavy atom. The molecule has 0 bridgehead atoms. The fraction of sp³-hybridized carbons (Fsp3) is 0.125. The van der Waals surface area contributed by atoms with Crippen molar-refractivity contribution in [3.05, 3.63) is 63.6 Å². The van der Waals surface area contributed by atoms with Gasteiger partial charge >= 0.3 is 0 Å². The summed E-state index contributed by atoms with van der Waals surface area (Å²) in [6.45, 7) is 0. The predicted molar refractivity (Wildman–Crippen MR) is 84.7 cm³/mol. The second kappa shape index (κ2) is 6.62. The van der Waals surface area contributed by atoms with Gasteiger partial charge < -0.3 is 4.90 Å². The lowest BCUT2D eigenvalue weighted by molar-refractivity contribution is -0.117. The molecule has 106 valence electrons. The molecule has 2 rings (SSSR count). The van der Waals surface area contributed by atoms with Gasteiger partial charge in [0.25, 0.3) is 0 Å². The van der Waals surface area contributed by atoms with Crippen LogP contribution in [-0.4, -0.2) is 13.0 Å². The van der Waals surface area contributed by atoms with Gasteiger partial charge in [-0.05, 0) is 42.0 Å². The van der Waals surface area contributed by atoms with Crippen LogP contribution in [0.1, 0.15) is 11.1 Å². The molecule has 0 aromatic heterocycles. The highest BCUT2D eigenvalue weighted by Gasteiger charge is 2.12. The monoisotopic (exact) mass is 318 g/mol. The average molecular weight is 319 g/mol. The van der Waals surface area contributed by atoms with Crippen LogP contribution in [0.3, 0.4) is 0 Å². The van der Waals surface area contributed by atoms with E-state index < -0.39 is 0 Å². The molecule has 0 heterocycles. The van der Waals surface area contributed by atoms with Crippen LogP contribution >= 0.6 is 23.2 Å². The second-order valence-corrected chi connectivity index (χ2v) is 5.35. The summed E-state index contributed by atoms with van der Waals surface area (Å²) in [5, 5.41) is 9.67. The van der Waals surface area contributed by atoms with E-state index in [-0.39, 0.29) is 12.3 Å². The quantitative estimate of drug-likeness (QED) is 0.856. The van der Waals surface area contributed by atoms with Crippen molar-refractivity contribution in [1.82, 2.24) is 0 Å². The summed E-state index contributed by atoms with van der Waals surface area (Å²) >= 11 is 11.8. The first-order valence-corrected chi connectivity index (χ1v) is 6.97. The van der Waals surface area contributed by atoms with Crippen molar-refractivity contribution in [3.63, 3.8) is 0 Å². The van der Waals surface area contributed by atoms with Crippen LogP contribution in [-0.2, 0) is 11.2 Å². The Bertz CT molecular complexity index is 705.